The number of methoxy groups -OCH3 is 1. The lowest BCUT2D eigenvalue weighted by Crippen LogP contribution is -2.34. The van der Waals surface area contributed by atoms with Crippen molar-refractivity contribution in [2.24, 2.45) is 5.92 Å². The van der Waals surface area contributed by atoms with E-state index in [2.05, 4.69) is 0 Å². The Balaban J connectivity index is 2.17. The molecule has 0 amide bonds. The lowest BCUT2D eigenvalue weighted by molar-refractivity contribution is -0.143. The third-order valence-corrected chi connectivity index (χ3v) is 8.68. The largest absolute Gasteiger partial charge is 0.497 e. The number of pyridine rings is 1. The number of hydrogen-bond acceptors (Lipinski definition) is 6. The molecule has 47 heavy (non-hydrogen) atoms. The number of hydrogen-bond donors (Lipinski definition) is 0. The maximum Gasteiger partial charge on any atom is 0.306 e. The van der Waals surface area contributed by atoms with E-state index in [1.54, 1.807) is 46.2 Å². The Morgan fingerprint density at radius 2 is 1.57 bits per heavy atom. The second kappa shape index (κ2) is 16.3. The molecule has 1 heterocycles. The number of carbonyl (C=O) groups excluding carboxylic acids is 2. The fraction of sp³-hybridized carbons (Fsp3) is 0.500. The van der Waals surface area contributed by atoms with Crippen LogP contribution >= 0.6 is 0 Å². The molecule has 0 saturated carbocycles. The number of ketones is 1. The van der Waals surface area contributed by atoms with Gasteiger partial charge in [0.15, 0.2) is 11.6 Å². The number of aromatic nitrogens is 1. The topological polar surface area (TPSA) is 77.8 Å². The van der Waals surface area contributed by atoms with Gasteiger partial charge in [-0.2, -0.15) is 0 Å². The fourth-order valence-electron chi connectivity index (χ4n) is 6.24. The van der Waals surface area contributed by atoms with Crippen LogP contribution in [0.25, 0.3) is 11.1 Å². The van der Waals surface area contributed by atoms with Crippen molar-refractivity contribution in [2.75, 3.05) is 34.4 Å². The van der Waals surface area contributed by atoms with Crippen LogP contribution in [-0.2, 0) is 20.7 Å². The van der Waals surface area contributed by atoms with Gasteiger partial charge >= 0.3 is 5.97 Å². The summed E-state index contributed by atoms with van der Waals surface area (Å²) in [6, 6.07) is 6.27. The maximum absolute atomic E-state index is 16.1. The predicted octanol–water partition coefficient (Wildman–Crippen LogP) is 7.42. The Labute approximate surface area is 277 Å². The maximum atomic E-state index is 16.1. The molecule has 0 spiro atoms. The van der Waals surface area contributed by atoms with Gasteiger partial charge in [-0.05, 0) is 136 Å². The molecule has 3 rings (SSSR count). The average molecular weight is 653 g/mol. The molecule has 9 heteroatoms. The number of rotatable bonds is 15. The van der Waals surface area contributed by atoms with E-state index in [0.717, 1.165) is 22.3 Å². The molecule has 0 aliphatic heterocycles. The standard InChI is InChI=1S/C38H50F2N2O5/c1-11-47-34(44)20-28(31-18-29(15-25(6)36(31)39)35-23(4)16-30(46-10)17-24(35)5)19-33(43)32(14-22(2)3)42-21-27(12-13-41(8)9)26(7)37(40)38(42)45/h15-18,21-22,28,32H,11-14,19-20H2,1-10H3/t28-,32?/m0/s1. The van der Waals surface area contributed by atoms with E-state index in [9.17, 15) is 14.4 Å². The van der Waals surface area contributed by atoms with Crippen LogP contribution in [-0.4, -0.2) is 55.6 Å². The number of carbonyl (C=O) groups is 2. The quantitative estimate of drug-likeness (QED) is 0.159. The third kappa shape index (κ3) is 9.15. The Bertz CT molecular complexity index is 1640. The van der Waals surface area contributed by atoms with Crippen LogP contribution in [0.15, 0.2) is 35.3 Å². The Hall–Kier alpha value is -3.85. The summed E-state index contributed by atoms with van der Waals surface area (Å²) in [7, 11) is 5.41. The van der Waals surface area contributed by atoms with Gasteiger partial charge in [0.1, 0.15) is 11.6 Å². The second-order valence-corrected chi connectivity index (χ2v) is 13.2. The zero-order valence-electron chi connectivity index (χ0n) is 29.6. The van der Waals surface area contributed by atoms with Crippen LogP contribution in [0.4, 0.5) is 8.78 Å². The summed E-state index contributed by atoms with van der Waals surface area (Å²) in [5.41, 5.74) is 4.14. The number of likely N-dealkylation sites (N-methyl/N-ethyl adjacent to an activating group) is 1. The first-order chi connectivity index (χ1) is 22.1. The molecule has 0 saturated heterocycles. The molecule has 0 radical (unpaired) electrons. The summed E-state index contributed by atoms with van der Waals surface area (Å²) in [6.45, 7) is 13.4. The molecule has 2 aromatic carbocycles. The van der Waals surface area contributed by atoms with Crippen LogP contribution in [0.5, 0.6) is 5.75 Å². The highest BCUT2D eigenvalue weighted by atomic mass is 19.1. The van der Waals surface area contributed by atoms with Crippen molar-refractivity contribution in [1.29, 1.82) is 0 Å². The molecule has 256 valence electrons. The van der Waals surface area contributed by atoms with E-state index < -0.39 is 35.1 Å². The van der Waals surface area contributed by atoms with Gasteiger partial charge in [0, 0.05) is 25.1 Å². The first-order valence-corrected chi connectivity index (χ1v) is 16.3. The molecule has 3 aromatic rings. The normalized spacial score (nSPS) is 12.8. The second-order valence-electron chi connectivity index (χ2n) is 13.2. The lowest BCUT2D eigenvalue weighted by atomic mass is 9.83. The number of aryl methyl sites for hydroxylation is 3. The fourth-order valence-corrected chi connectivity index (χ4v) is 6.24. The lowest BCUT2D eigenvalue weighted by Gasteiger charge is -2.26. The van der Waals surface area contributed by atoms with Crippen molar-refractivity contribution in [3.63, 3.8) is 0 Å². The number of ether oxygens (including phenoxy) is 2. The van der Waals surface area contributed by atoms with Crippen molar-refractivity contribution >= 4 is 11.8 Å². The van der Waals surface area contributed by atoms with Gasteiger partial charge in [-0.15, -0.1) is 0 Å². The Morgan fingerprint density at radius 1 is 0.936 bits per heavy atom. The molecule has 1 aromatic heterocycles. The monoisotopic (exact) mass is 652 g/mol. The Kier molecular flexibility index (Phi) is 13.1. The van der Waals surface area contributed by atoms with Crippen molar-refractivity contribution in [3.8, 4) is 16.9 Å². The van der Waals surface area contributed by atoms with E-state index >= 15 is 8.78 Å². The van der Waals surface area contributed by atoms with Gasteiger partial charge in [0.05, 0.1) is 26.2 Å². The molecule has 0 aliphatic carbocycles. The van der Waals surface area contributed by atoms with E-state index in [1.807, 2.05) is 58.8 Å². The van der Waals surface area contributed by atoms with Crippen LogP contribution in [0.3, 0.4) is 0 Å². The number of nitrogens with zero attached hydrogens (tertiary/aromatic N) is 2. The van der Waals surface area contributed by atoms with E-state index in [0.29, 0.717) is 29.8 Å². The SMILES string of the molecule is CCOC(=O)C[C@H](CC(=O)C(CC(C)C)n1cc(CCN(C)C)c(C)c(F)c1=O)c1cc(-c2c(C)cc(OC)cc2C)cc(C)c1F. The summed E-state index contributed by atoms with van der Waals surface area (Å²) in [6.07, 6.45) is 1.87. The first kappa shape index (κ1) is 37.6. The van der Waals surface area contributed by atoms with Crippen molar-refractivity contribution < 1.29 is 27.8 Å². The number of benzene rings is 2. The number of esters is 1. The summed E-state index contributed by atoms with van der Waals surface area (Å²) >= 11 is 0. The third-order valence-electron chi connectivity index (χ3n) is 8.68. The molecule has 2 atom stereocenters. The van der Waals surface area contributed by atoms with E-state index in [4.69, 9.17) is 9.47 Å². The van der Waals surface area contributed by atoms with E-state index in [1.165, 1.54) is 4.57 Å². The zero-order chi connectivity index (χ0) is 35.2. The summed E-state index contributed by atoms with van der Waals surface area (Å²) in [4.78, 5) is 42.4. The highest BCUT2D eigenvalue weighted by Gasteiger charge is 2.31. The molecule has 7 nitrogen and oxygen atoms in total. The smallest absolute Gasteiger partial charge is 0.306 e. The molecule has 0 fully saturated rings. The van der Waals surface area contributed by atoms with Gasteiger partial charge < -0.3 is 18.9 Å². The molecule has 1 unspecified atom stereocenters. The minimum atomic E-state index is -1.00. The van der Waals surface area contributed by atoms with Gasteiger partial charge in [0.25, 0.3) is 5.56 Å². The van der Waals surface area contributed by atoms with Gasteiger partial charge in [-0.3, -0.25) is 14.4 Å². The van der Waals surface area contributed by atoms with Crippen molar-refractivity contribution in [2.45, 2.75) is 86.1 Å². The number of halogens is 2. The van der Waals surface area contributed by atoms with Crippen LogP contribution in [0.1, 0.15) is 85.4 Å². The minimum Gasteiger partial charge on any atom is -0.497 e. The minimum absolute atomic E-state index is 0.0164. The Morgan fingerprint density at radius 3 is 2.13 bits per heavy atom. The van der Waals surface area contributed by atoms with Gasteiger partial charge in [-0.25, -0.2) is 8.78 Å². The molecular weight excluding hydrogens is 602 g/mol. The summed E-state index contributed by atoms with van der Waals surface area (Å²) in [5, 5.41) is 0. The molecule has 0 bridgehead atoms. The zero-order valence-corrected chi connectivity index (χ0v) is 29.6. The summed E-state index contributed by atoms with van der Waals surface area (Å²) in [5.74, 6) is -2.52. The highest BCUT2D eigenvalue weighted by molar-refractivity contribution is 5.84. The predicted molar refractivity (Wildman–Crippen MR) is 182 cm³/mol. The average Bonchev–Trinajstić information content (AvgIpc) is 2.99. The first-order valence-electron chi connectivity index (χ1n) is 16.3. The van der Waals surface area contributed by atoms with E-state index in [-0.39, 0.29) is 48.7 Å². The van der Waals surface area contributed by atoms with Crippen LogP contribution in [0, 0.1) is 45.2 Å². The van der Waals surface area contributed by atoms with Crippen LogP contribution in [0.2, 0.25) is 0 Å². The number of Topliss-reactive ketones (excluding diaryl/α,β-unsaturated/α-hetero) is 1. The molecular formula is C38H50F2N2O5. The molecule has 0 N–H and O–H groups in total. The summed E-state index contributed by atoms with van der Waals surface area (Å²) < 4.78 is 43.3. The van der Waals surface area contributed by atoms with Crippen molar-refractivity contribution in [3.05, 3.63) is 85.8 Å². The van der Waals surface area contributed by atoms with Gasteiger partial charge in [0.2, 0.25) is 0 Å². The molecule has 0 aliphatic rings. The van der Waals surface area contributed by atoms with Gasteiger partial charge in [-0.1, -0.05) is 13.8 Å². The van der Waals surface area contributed by atoms with Crippen molar-refractivity contribution in [1.82, 2.24) is 9.47 Å². The van der Waals surface area contributed by atoms with Crippen LogP contribution < -0.4 is 10.3 Å². The highest BCUT2D eigenvalue weighted by Crippen LogP contribution is 2.38.